The summed E-state index contributed by atoms with van der Waals surface area (Å²) in [5, 5.41) is 6.24. The highest BCUT2D eigenvalue weighted by Gasteiger charge is 2.10. The van der Waals surface area contributed by atoms with Crippen LogP contribution >= 0.6 is 0 Å². The van der Waals surface area contributed by atoms with Crippen molar-refractivity contribution in [2.45, 2.75) is 6.92 Å². The number of nitrogens with one attached hydrogen (secondary N) is 1. The summed E-state index contributed by atoms with van der Waals surface area (Å²) in [5.41, 5.74) is 0.796. The average Bonchev–Trinajstić information content (AvgIpc) is 2.83. The summed E-state index contributed by atoms with van der Waals surface area (Å²) in [7, 11) is 1.30. The molecule has 1 aromatic heterocycles. The van der Waals surface area contributed by atoms with Crippen molar-refractivity contribution in [3.05, 3.63) is 47.2 Å². The number of carbonyl (C=O) groups excluding carboxylic acids is 2. The maximum atomic E-state index is 11.9. The molecule has 1 heterocycles. The van der Waals surface area contributed by atoms with Crippen molar-refractivity contribution < 1.29 is 18.8 Å². The Morgan fingerprint density at radius 1 is 1.21 bits per heavy atom. The molecule has 1 amide bonds. The first-order chi connectivity index (χ1) is 9.10. The Balaban J connectivity index is 2.09. The number of benzene rings is 1. The summed E-state index contributed by atoms with van der Waals surface area (Å²) in [6.45, 7) is 1.73. The number of ether oxygens (including phenoxy) is 1. The van der Waals surface area contributed by atoms with Gasteiger partial charge in [0.1, 0.15) is 5.76 Å². The van der Waals surface area contributed by atoms with Crippen LogP contribution in [0.3, 0.4) is 0 Å². The van der Waals surface area contributed by atoms with E-state index in [1.165, 1.54) is 31.4 Å². The lowest BCUT2D eigenvalue weighted by atomic mass is 10.1. The van der Waals surface area contributed by atoms with Crippen LogP contribution in [0.4, 0.5) is 5.82 Å². The maximum Gasteiger partial charge on any atom is 0.337 e. The van der Waals surface area contributed by atoms with Gasteiger partial charge in [-0.05, 0) is 31.2 Å². The van der Waals surface area contributed by atoms with Gasteiger partial charge < -0.3 is 14.6 Å². The maximum absolute atomic E-state index is 11.9. The van der Waals surface area contributed by atoms with E-state index in [2.05, 4.69) is 15.2 Å². The highest BCUT2D eigenvalue weighted by molar-refractivity contribution is 6.04. The van der Waals surface area contributed by atoms with Crippen LogP contribution in [0, 0.1) is 6.92 Å². The van der Waals surface area contributed by atoms with Crippen LogP contribution in [0.2, 0.25) is 0 Å². The zero-order chi connectivity index (χ0) is 13.8. The zero-order valence-corrected chi connectivity index (χ0v) is 10.5. The van der Waals surface area contributed by atoms with E-state index >= 15 is 0 Å². The topological polar surface area (TPSA) is 81.4 Å². The normalized spacial score (nSPS) is 10.0. The number of aryl methyl sites for hydroxylation is 1. The fourth-order valence-corrected chi connectivity index (χ4v) is 1.49. The third-order valence-electron chi connectivity index (χ3n) is 2.44. The first-order valence-electron chi connectivity index (χ1n) is 5.53. The van der Waals surface area contributed by atoms with Crippen molar-refractivity contribution in [2.75, 3.05) is 12.4 Å². The van der Waals surface area contributed by atoms with E-state index in [9.17, 15) is 9.59 Å². The minimum Gasteiger partial charge on any atom is -0.465 e. The Kier molecular flexibility index (Phi) is 3.61. The van der Waals surface area contributed by atoms with Crippen molar-refractivity contribution in [3.8, 4) is 0 Å². The van der Waals surface area contributed by atoms with Crippen LogP contribution in [-0.4, -0.2) is 24.1 Å². The molecule has 0 atom stereocenters. The van der Waals surface area contributed by atoms with Gasteiger partial charge in [0.05, 0.1) is 12.7 Å². The van der Waals surface area contributed by atoms with E-state index in [1.807, 2.05) is 0 Å². The van der Waals surface area contributed by atoms with Crippen molar-refractivity contribution in [1.29, 1.82) is 0 Å². The highest BCUT2D eigenvalue weighted by Crippen LogP contribution is 2.11. The molecule has 6 heteroatoms. The molecule has 0 fully saturated rings. The van der Waals surface area contributed by atoms with E-state index in [0.29, 0.717) is 22.7 Å². The molecule has 2 rings (SSSR count). The third-order valence-corrected chi connectivity index (χ3v) is 2.44. The molecule has 1 N–H and O–H groups in total. The first-order valence-corrected chi connectivity index (χ1v) is 5.53. The number of nitrogens with zero attached hydrogens (tertiary/aromatic N) is 1. The first kappa shape index (κ1) is 12.8. The van der Waals surface area contributed by atoms with E-state index in [-0.39, 0.29) is 5.91 Å². The standard InChI is InChI=1S/C13H12N2O4/c1-8-7-11(15-19-8)14-12(16)9-3-5-10(6-4-9)13(17)18-2/h3-7H,1-2H3,(H,14,15,16). The lowest BCUT2D eigenvalue weighted by molar-refractivity contribution is 0.0600. The van der Waals surface area contributed by atoms with Gasteiger partial charge in [-0.3, -0.25) is 4.79 Å². The van der Waals surface area contributed by atoms with Crippen LogP contribution in [0.15, 0.2) is 34.9 Å². The number of hydrogen-bond donors (Lipinski definition) is 1. The minimum atomic E-state index is -0.445. The Labute approximate surface area is 109 Å². The van der Waals surface area contributed by atoms with Gasteiger partial charge in [0.25, 0.3) is 5.91 Å². The van der Waals surface area contributed by atoms with E-state index in [0.717, 1.165) is 0 Å². The summed E-state index contributed by atoms with van der Waals surface area (Å²) in [5.74, 6) is 0.180. The molecule has 2 aromatic rings. The number of rotatable bonds is 3. The Hall–Kier alpha value is -2.63. The van der Waals surface area contributed by atoms with Crippen molar-refractivity contribution >= 4 is 17.7 Å². The molecule has 0 saturated carbocycles. The highest BCUT2D eigenvalue weighted by atomic mass is 16.5. The predicted molar refractivity (Wildman–Crippen MR) is 67.0 cm³/mol. The van der Waals surface area contributed by atoms with E-state index in [1.54, 1.807) is 13.0 Å². The number of anilines is 1. The van der Waals surface area contributed by atoms with Crippen molar-refractivity contribution in [2.24, 2.45) is 0 Å². The molecule has 0 radical (unpaired) electrons. The van der Waals surface area contributed by atoms with Gasteiger partial charge >= 0.3 is 5.97 Å². The van der Waals surface area contributed by atoms with Gasteiger partial charge in [0.2, 0.25) is 0 Å². The van der Waals surface area contributed by atoms with Gasteiger partial charge in [-0.2, -0.15) is 0 Å². The molecule has 0 saturated heterocycles. The van der Waals surface area contributed by atoms with Crippen LogP contribution in [0.1, 0.15) is 26.5 Å². The third kappa shape index (κ3) is 2.98. The molecular weight excluding hydrogens is 248 g/mol. The number of esters is 1. The molecule has 0 spiro atoms. The number of methoxy groups -OCH3 is 1. The molecule has 0 aliphatic heterocycles. The predicted octanol–water partition coefficient (Wildman–Crippen LogP) is 2.02. The summed E-state index contributed by atoms with van der Waals surface area (Å²) in [6, 6.07) is 7.73. The fraction of sp³-hybridized carbons (Fsp3) is 0.154. The minimum absolute atomic E-state index is 0.329. The lowest BCUT2D eigenvalue weighted by Gasteiger charge is -2.02. The zero-order valence-electron chi connectivity index (χ0n) is 10.5. The smallest absolute Gasteiger partial charge is 0.337 e. The van der Waals surface area contributed by atoms with Gasteiger partial charge in [-0.15, -0.1) is 0 Å². The summed E-state index contributed by atoms with van der Waals surface area (Å²) in [4.78, 5) is 23.1. The van der Waals surface area contributed by atoms with Crippen LogP contribution in [0.5, 0.6) is 0 Å². The van der Waals surface area contributed by atoms with Gasteiger partial charge in [-0.25, -0.2) is 4.79 Å². The molecule has 0 aliphatic carbocycles. The second kappa shape index (κ2) is 5.34. The van der Waals surface area contributed by atoms with Crippen molar-refractivity contribution in [1.82, 2.24) is 5.16 Å². The van der Waals surface area contributed by atoms with Crippen LogP contribution in [0.25, 0.3) is 0 Å². The SMILES string of the molecule is COC(=O)c1ccc(C(=O)Nc2cc(C)on2)cc1. The van der Waals surface area contributed by atoms with Crippen LogP contribution in [-0.2, 0) is 4.74 Å². The average molecular weight is 260 g/mol. The number of carbonyl (C=O) groups is 2. The monoisotopic (exact) mass is 260 g/mol. The molecule has 1 aromatic carbocycles. The summed E-state index contributed by atoms with van der Waals surface area (Å²) in [6.07, 6.45) is 0. The van der Waals surface area contributed by atoms with Gasteiger partial charge in [0, 0.05) is 11.6 Å². The largest absolute Gasteiger partial charge is 0.465 e. The Morgan fingerprint density at radius 3 is 2.37 bits per heavy atom. The molecule has 0 bridgehead atoms. The van der Waals surface area contributed by atoms with Crippen molar-refractivity contribution in [3.63, 3.8) is 0 Å². The number of aromatic nitrogens is 1. The molecule has 19 heavy (non-hydrogen) atoms. The van der Waals surface area contributed by atoms with Crippen LogP contribution < -0.4 is 5.32 Å². The number of amides is 1. The second-order valence-corrected chi connectivity index (χ2v) is 3.85. The molecular formula is C13H12N2O4. The Bertz CT molecular complexity index is 601. The summed E-state index contributed by atoms with van der Waals surface area (Å²) < 4.78 is 9.41. The quantitative estimate of drug-likeness (QED) is 0.854. The molecule has 6 nitrogen and oxygen atoms in total. The molecule has 98 valence electrons. The van der Waals surface area contributed by atoms with Gasteiger partial charge in [-0.1, -0.05) is 5.16 Å². The Morgan fingerprint density at radius 2 is 1.84 bits per heavy atom. The molecule has 0 aliphatic rings. The van der Waals surface area contributed by atoms with E-state index < -0.39 is 5.97 Å². The fourth-order valence-electron chi connectivity index (χ4n) is 1.49. The van der Waals surface area contributed by atoms with E-state index in [4.69, 9.17) is 4.52 Å². The number of hydrogen-bond acceptors (Lipinski definition) is 5. The second-order valence-electron chi connectivity index (χ2n) is 3.85. The van der Waals surface area contributed by atoms with Gasteiger partial charge in [0.15, 0.2) is 5.82 Å². The summed E-state index contributed by atoms with van der Waals surface area (Å²) >= 11 is 0. The molecule has 0 unspecified atom stereocenters. The lowest BCUT2D eigenvalue weighted by Crippen LogP contribution is -2.12.